The van der Waals surface area contributed by atoms with Crippen LogP contribution in [0.1, 0.15) is 58.8 Å². The highest BCUT2D eigenvalue weighted by Crippen LogP contribution is 2.38. The largest absolute Gasteiger partial charge is 0.462 e. The summed E-state index contributed by atoms with van der Waals surface area (Å²) in [7, 11) is 0. The zero-order valence-corrected chi connectivity index (χ0v) is 16.4. The first-order chi connectivity index (χ1) is 13.0. The molecular formula is C22H32O5. The van der Waals surface area contributed by atoms with Crippen molar-refractivity contribution in [2.75, 3.05) is 0 Å². The van der Waals surface area contributed by atoms with Crippen LogP contribution in [0.2, 0.25) is 0 Å². The van der Waals surface area contributed by atoms with E-state index in [2.05, 4.69) is 25.2 Å². The smallest absolute Gasteiger partial charge is 0.306 e. The monoisotopic (exact) mass is 376 g/mol. The molecule has 1 heterocycles. The quantitative estimate of drug-likeness (QED) is 0.596. The molecule has 1 N–H and O–H groups in total. The van der Waals surface area contributed by atoms with Crippen LogP contribution >= 0.6 is 0 Å². The zero-order valence-electron chi connectivity index (χ0n) is 16.4. The molecule has 0 aromatic carbocycles. The second kappa shape index (κ2) is 11.1. The van der Waals surface area contributed by atoms with Gasteiger partial charge in [0.1, 0.15) is 12.2 Å². The average Bonchev–Trinajstić information content (AvgIpc) is 2.89. The highest BCUT2D eigenvalue weighted by Gasteiger charge is 2.42. The van der Waals surface area contributed by atoms with Crippen LogP contribution in [0.5, 0.6) is 0 Å². The number of ether oxygens (including phenoxy) is 2. The zero-order chi connectivity index (χ0) is 19.6. The van der Waals surface area contributed by atoms with Crippen molar-refractivity contribution in [3.05, 3.63) is 36.5 Å². The number of carbonyl (C=O) groups excluding carboxylic acids is 2. The van der Waals surface area contributed by atoms with Crippen LogP contribution in [0.3, 0.4) is 0 Å². The third-order valence-electron chi connectivity index (χ3n) is 5.14. The van der Waals surface area contributed by atoms with Crippen molar-refractivity contribution in [3.8, 4) is 0 Å². The molecule has 0 radical (unpaired) electrons. The van der Waals surface area contributed by atoms with Crippen molar-refractivity contribution in [3.63, 3.8) is 0 Å². The minimum atomic E-state index is -0.514. The maximum Gasteiger partial charge on any atom is 0.306 e. The maximum atomic E-state index is 12.1. The fraction of sp³-hybridized carbons (Fsp3) is 0.636. The van der Waals surface area contributed by atoms with Crippen molar-refractivity contribution in [1.82, 2.24) is 0 Å². The number of hydrogen-bond acceptors (Lipinski definition) is 5. The SMILES string of the molecule is CC/C=C\C[C@H]1/C=C/[C@@H]2[C@@H](C/C=C\CCCC(=O)O1)[C@H](O)C[C@H]2OC(C)=O. The Bertz CT molecular complexity index is 577. The molecule has 150 valence electrons. The van der Waals surface area contributed by atoms with E-state index in [0.717, 1.165) is 25.7 Å². The highest BCUT2D eigenvalue weighted by atomic mass is 16.5. The third kappa shape index (κ3) is 6.98. The first-order valence-electron chi connectivity index (χ1n) is 10.0. The molecule has 0 aromatic heterocycles. The summed E-state index contributed by atoms with van der Waals surface area (Å²) in [6.45, 7) is 3.45. The number of aliphatic hydroxyl groups is 1. The lowest BCUT2D eigenvalue weighted by Crippen LogP contribution is -2.24. The van der Waals surface area contributed by atoms with E-state index in [-0.39, 0.29) is 36.0 Å². The van der Waals surface area contributed by atoms with E-state index in [0.29, 0.717) is 19.3 Å². The van der Waals surface area contributed by atoms with Gasteiger partial charge in [-0.1, -0.05) is 37.3 Å². The molecule has 2 rings (SSSR count). The van der Waals surface area contributed by atoms with Crippen molar-refractivity contribution in [1.29, 1.82) is 0 Å². The van der Waals surface area contributed by atoms with Gasteiger partial charge in [-0.3, -0.25) is 9.59 Å². The number of cyclic esters (lactones) is 1. The second-order valence-electron chi connectivity index (χ2n) is 7.32. The molecule has 27 heavy (non-hydrogen) atoms. The van der Waals surface area contributed by atoms with Gasteiger partial charge in [0.25, 0.3) is 0 Å². The number of esters is 2. The fourth-order valence-corrected chi connectivity index (χ4v) is 3.80. The summed E-state index contributed by atoms with van der Waals surface area (Å²) in [6, 6.07) is 0. The van der Waals surface area contributed by atoms with Crippen LogP contribution in [0.25, 0.3) is 0 Å². The van der Waals surface area contributed by atoms with Crippen LogP contribution < -0.4 is 0 Å². The molecule has 0 bridgehead atoms. The Balaban J connectivity index is 2.23. The van der Waals surface area contributed by atoms with Gasteiger partial charge in [0, 0.05) is 32.1 Å². The summed E-state index contributed by atoms with van der Waals surface area (Å²) in [5, 5.41) is 10.5. The summed E-state index contributed by atoms with van der Waals surface area (Å²) >= 11 is 0. The van der Waals surface area contributed by atoms with Gasteiger partial charge in [-0.15, -0.1) is 0 Å². The molecule has 1 aliphatic carbocycles. The molecule has 0 unspecified atom stereocenters. The van der Waals surface area contributed by atoms with Gasteiger partial charge in [0.2, 0.25) is 0 Å². The van der Waals surface area contributed by atoms with Gasteiger partial charge in [-0.05, 0) is 37.7 Å². The molecule has 0 aromatic rings. The first-order valence-corrected chi connectivity index (χ1v) is 10.0. The Morgan fingerprint density at radius 2 is 2.15 bits per heavy atom. The molecule has 5 atom stereocenters. The van der Waals surface area contributed by atoms with Crippen LogP contribution in [-0.2, 0) is 19.1 Å². The van der Waals surface area contributed by atoms with Crippen LogP contribution in [-0.4, -0.2) is 35.4 Å². The number of rotatable bonds is 4. The minimum Gasteiger partial charge on any atom is -0.462 e. The lowest BCUT2D eigenvalue weighted by atomic mass is 9.89. The Kier molecular flexibility index (Phi) is 8.79. The lowest BCUT2D eigenvalue weighted by molar-refractivity contribution is -0.147. The summed E-state index contributed by atoms with van der Waals surface area (Å²) in [4.78, 5) is 23.6. The lowest BCUT2D eigenvalue weighted by Gasteiger charge is -2.22. The number of fused-ring (bicyclic) bond motifs is 1. The highest BCUT2D eigenvalue weighted by molar-refractivity contribution is 5.69. The van der Waals surface area contributed by atoms with Gasteiger partial charge >= 0.3 is 11.9 Å². The van der Waals surface area contributed by atoms with E-state index >= 15 is 0 Å². The summed E-state index contributed by atoms with van der Waals surface area (Å²) < 4.78 is 11.1. The number of hydrogen-bond donors (Lipinski definition) is 1. The topological polar surface area (TPSA) is 72.8 Å². The van der Waals surface area contributed by atoms with E-state index in [9.17, 15) is 14.7 Å². The van der Waals surface area contributed by atoms with Gasteiger partial charge in [0.15, 0.2) is 0 Å². The average molecular weight is 376 g/mol. The summed E-state index contributed by atoms with van der Waals surface area (Å²) in [5.74, 6) is -0.633. The van der Waals surface area contributed by atoms with Crippen LogP contribution in [0, 0.1) is 11.8 Å². The predicted octanol–water partition coefficient (Wildman–Crippen LogP) is 3.87. The third-order valence-corrected chi connectivity index (χ3v) is 5.14. The number of allylic oxidation sites excluding steroid dienone is 3. The molecule has 5 heteroatoms. The van der Waals surface area contributed by atoms with Crippen LogP contribution in [0.4, 0.5) is 0 Å². The molecule has 1 fully saturated rings. The number of aliphatic hydroxyl groups excluding tert-OH is 1. The molecule has 0 saturated heterocycles. The van der Waals surface area contributed by atoms with Crippen LogP contribution in [0.15, 0.2) is 36.5 Å². The minimum absolute atomic E-state index is 0.00913. The van der Waals surface area contributed by atoms with E-state index in [1.807, 2.05) is 18.2 Å². The van der Waals surface area contributed by atoms with Crippen molar-refractivity contribution in [2.45, 2.75) is 77.1 Å². The molecule has 5 nitrogen and oxygen atoms in total. The van der Waals surface area contributed by atoms with Gasteiger partial charge in [0.05, 0.1) is 6.10 Å². The fourth-order valence-electron chi connectivity index (χ4n) is 3.80. The predicted molar refractivity (Wildman–Crippen MR) is 104 cm³/mol. The molecule has 2 aliphatic rings. The van der Waals surface area contributed by atoms with E-state index in [4.69, 9.17) is 9.47 Å². The Morgan fingerprint density at radius 1 is 1.33 bits per heavy atom. The standard InChI is InChI=1S/C22H32O5/c1-3-4-7-10-17-13-14-19-18(20(24)15-21(19)26-16(2)23)11-8-5-6-9-12-22(25)27-17/h4-5,7-8,13-14,17-21,24H,3,6,9-12,15H2,1-2H3/b7-4-,8-5-,14-13+/t17-,18+,19+,20+,21+/m0/s1. The van der Waals surface area contributed by atoms with Crippen molar-refractivity contribution in [2.24, 2.45) is 11.8 Å². The van der Waals surface area contributed by atoms with Gasteiger partial charge in [-0.2, -0.15) is 0 Å². The molecular weight excluding hydrogens is 344 g/mol. The first kappa shape index (κ1) is 21.4. The van der Waals surface area contributed by atoms with E-state index in [1.54, 1.807) is 0 Å². The second-order valence-corrected chi connectivity index (χ2v) is 7.32. The molecule has 0 amide bonds. The van der Waals surface area contributed by atoms with Crippen molar-refractivity contribution >= 4 is 11.9 Å². The number of carbonyl (C=O) groups is 2. The molecule has 1 aliphatic heterocycles. The summed E-state index contributed by atoms with van der Waals surface area (Å²) in [6.07, 6.45) is 15.5. The van der Waals surface area contributed by atoms with E-state index in [1.165, 1.54) is 6.92 Å². The van der Waals surface area contributed by atoms with Crippen molar-refractivity contribution < 1.29 is 24.2 Å². The molecule has 1 saturated carbocycles. The summed E-state index contributed by atoms with van der Waals surface area (Å²) in [5.41, 5.74) is 0. The Morgan fingerprint density at radius 3 is 2.89 bits per heavy atom. The molecule has 0 spiro atoms. The van der Waals surface area contributed by atoms with Gasteiger partial charge < -0.3 is 14.6 Å². The van der Waals surface area contributed by atoms with E-state index < -0.39 is 6.10 Å². The van der Waals surface area contributed by atoms with Gasteiger partial charge in [-0.25, -0.2) is 0 Å². The maximum absolute atomic E-state index is 12.1. The normalized spacial score (nSPS) is 34.6. The Hall–Kier alpha value is -1.88. The Labute approximate surface area is 162 Å².